The van der Waals surface area contributed by atoms with Crippen molar-refractivity contribution >= 4 is 50.5 Å². The summed E-state index contributed by atoms with van der Waals surface area (Å²) in [6, 6.07) is 11.3. The number of quaternary nitrogens is 1. The van der Waals surface area contributed by atoms with Crippen molar-refractivity contribution in [3.63, 3.8) is 0 Å². The van der Waals surface area contributed by atoms with Gasteiger partial charge in [-0.15, -0.1) is 11.3 Å². The van der Waals surface area contributed by atoms with E-state index >= 15 is 0 Å². The number of carbonyl (C=O) groups is 1. The Morgan fingerprint density at radius 3 is 2.85 bits per heavy atom. The number of nitrogens with one attached hydrogen (secondary N) is 2. The van der Waals surface area contributed by atoms with Gasteiger partial charge in [-0.1, -0.05) is 17.7 Å². The summed E-state index contributed by atoms with van der Waals surface area (Å²) in [5.41, 5.74) is 0.731. The van der Waals surface area contributed by atoms with Crippen LogP contribution in [0.4, 0.5) is 5.69 Å². The van der Waals surface area contributed by atoms with Crippen LogP contribution in [0.25, 0.3) is 0 Å². The van der Waals surface area contributed by atoms with Crippen molar-refractivity contribution < 1.29 is 9.69 Å². The van der Waals surface area contributed by atoms with Gasteiger partial charge in [-0.25, -0.2) is 0 Å². The molecule has 0 saturated carbocycles. The molecule has 1 aromatic carbocycles. The van der Waals surface area contributed by atoms with Crippen molar-refractivity contribution in [2.75, 3.05) is 18.9 Å². The Kier molecular flexibility index (Phi) is 5.60. The number of hydrogen-bond donors (Lipinski definition) is 2. The van der Waals surface area contributed by atoms with Gasteiger partial charge in [0.25, 0.3) is 5.91 Å². The van der Waals surface area contributed by atoms with E-state index in [1.807, 2.05) is 25.2 Å². The van der Waals surface area contributed by atoms with Gasteiger partial charge in [-0.3, -0.25) is 4.79 Å². The fourth-order valence-electron chi connectivity index (χ4n) is 1.85. The number of hydrogen-bond acceptors (Lipinski definition) is 2. The Hall–Kier alpha value is -0.880. The number of anilines is 1. The molecule has 0 spiro atoms. The molecule has 0 saturated heterocycles. The van der Waals surface area contributed by atoms with Crippen LogP contribution in [0.3, 0.4) is 0 Å². The van der Waals surface area contributed by atoms with Crippen molar-refractivity contribution in [2.45, 2.75) is 6.54 Å². The molecule has 20 heavy (non-hydrogen) atoms. The number of rotatable bonds is 5. The van der Waals surface area contributed by atoms with E-state index in [0.717, 1.165) is 20.9 Å². The number of thiophene rings is 1. The van der Waals surface area contributed by atoms with E-state index in [1.54, 1.807) is 23.5 Å². The smallest absolute Gasteiger partial charge is 0.279 e. The van der Waals surface area contributed by atoms with Gasteiger partial charge in [0.05, 0.1) is 15.7 Å². The second-order valence-corrected chi connectivity index (χ2v) is 7.56. The highest BCUT2D eigenvalue weighted by Gasteiger charge is 2.12. The van der Waals surface area contributed by atoms with E-state index in [2.05, 4.69) is 27.3 Å². The largest absolute Gasteiger partial charge is 0.325 e. The van der Waals surface area contributed by atoms with Crippen molar-refractivity contribution in [3.05, 3.63) is 50.1 Å². The van der Waals surface area contributed by atoms with Gasteiger partial charge in [0.15, 0.2) is 6.54 Å². The molecular weight excluding hydrogens is 360 g/mol. The number of benzene rings is 1. The monoisotopic (exact) mass is 373 g/mol. The summed E-state index contributed by atoms with van der Waals surface area (Å²) >= 11 is 11.0. The van der Waals surface area contributed by atoms with Crippen LogP contribution in [0.5, 0.6) is 0 Å². The minimum atomic E-state index is -0.0135. The standard InChI is InChI=1S/C14H14BrClN2OS/c1-18(8-12-5-6-13(15)20-12)9-14(19)17-11-4-2-3-10(16)7-11/h2-7H,8-9H2,1H3,(H,17,19)/p+1. The first-order valence-electron chi connectivity index (χ1n) is 6.14. The highest BCUT2D eigenvalue weighted by molar-refractivity contribution is 9.11. The van der Waals surface area contributed by atoms with E-state index in [0.29, 0.717) is 11.6 Å². The number of amides is 1. The van der Waals surface area contributed by atoms with Crippen LogP contribution in [0.1, 0.15) is 4.88 Å². The molecule has 2 aromatic rings. The third-order valence-corrected chi connectivity index (χ3v) is 4.53. The third kappa shape index (κ3) is 4.90. The molecule has 6 heteroatoms. The maximum atomic E-state index is 11.9. The molecule has 0 aliphatic carbocycles. The lowest BCUT2D eigenvalue weighted by atomic mass is 10.3. The molecule has 0 aliphatic rings. The van der Waals surface area contributed by atoms with Crippen LogP contribution < -0.4 is 10.2 Å². The van der Waals surface area contributed by atoms with Crippen molar-refractivity contribution in [2.24, 2.45) is 0 Å². The molecule has 1 heterocycles. The van der Waals surface area contributed by atoms with Crippen LogP contribution in [0.15, 0.2) is 40.2 Å². The summed E-state index contributed by atoms with van der Waals surface area (Å²) in [6.07, 6.45) is 0. The van der Waals surface area contributed by atoms with Crippen molar-refractivity contribution in [1.29, 1.82) is 0 Å². The summed E-state index contributed by atoms with van der Waals surface area (Å²) in [4.78, 5) is 14.3. The second kappa shape index (κ2) is 7.22. The minimum absolute atomic E-state index is 0.0135. The van der Waals surface area contributed by atoms with Gasteiger partial charge >= 0.3 is 0 Å². The zero-order valence-corrected chi connectivity index (χ0v) is 14.1. The summed E-state index contributed by atoms with van der Waals surface area (Å²) in [5.74, 6) is -0.0135. The Morgan fingerprint density at radius 2 is 2.20 bits per heavy atom. The predicted molar refractivity (Wildman–Crippen MR) is 87.6 cm³/mol. The summed E-state index contributed by atoms with van der Waals surface area (Å²) in [5, 5.41) is 3.47. The Labute approximate surface area is 135 Å². The zero-order chi connectivity index (χ0) is 14.5. The second-order valence-electron chi connectivity index (χ2n) is 4.58. The number of halogens is 2. The lowest BCUT2D eigenvalue weighted by Crippen LogP contribution is -3.08. The van der Waals surface area contributed by atoms with Crippen molar-refractivity contribution in [1.82, 2.24) is 0 Å². The van der Waals surface area contributed by atoms with Gasteiger partial charge in [0.2, 0.25) is 0 Å². The van der Waals surface area contributed by atoms with Gasteiger partial charge in [-0.2, -0.15) is 0 Å². The van der Waals surface area contributed by atoms with Crippen LogP contribution in [0, 0.1) is 0 Å². The van der Waals surface area contributed by atoms with Crippen LogP contribution in [-0.2, 0) is 11.3 Å². The van der Waals surface area contributed by atoms with Crippen molar-refractivity contribution in [3.8, 4) is 0 Å². The van der Waals surface area contributed by atoms with Gasteiger partial charge in [0, 0.05) is 10.7 Å². The summed E-state index contributed by atoms with van der Waals surface area (Å²) < 4.78 is 1.11. The fraction of sp³-hybridized carbons (Fsp3) is 0.214. The molecule has 0 fully saturated rings. The Bertz CT molecular complexity index is 602. The minimum Gasteiger partial charge on any atom is -0.325 e. The fourth-order valence-corrected chi connectivity index (χ4v) is 3.64. The molecule has 1 atom stereocenters. The van der Waals surface area contributed by atoms with Crippen LogP contribution in [0.2, 0.25) is 5.02 Å². The maximum absolute atomic E-state index is 11.9. The highest BCUT2D eigenvalue weighted by Crippen LogP contribution is 2.21. The lowest BCUT2D eigenvalue weighted by molar-refractivity contribution is -0.884. The van der Waals surface area contributed by atoms with Gasteiger partial charge in [0.1, 0.15) is 6.54 Å². The average Bonchev–Trinajstić information content (AvgIpc) is 2.74. The Morgan fingerprint density at radius 1 is 1.40 bits per heavy atom. The van der Waals surface area contributed by atoms with E-state index < -0.39 is 0 Å². The SMILES string of the molecule is C[NH+](CC(=O)Nc1cccc(Cl)c1)Cc1ccc(Br)s1. The van der Waals surface area contributed by atoms with Gasteiger partial charge < -0.3 is 10.2 Å². The summed E-state index contributed by atoms with van der Waals surface area (Å²) in [7, 11) is 2.01. The normalized spacial score (nSPS) is 12.2. The van der Waals surface area contributed by atoms with Crippen LogP contribution in [-0.4, -0.2) is 19.5 Å². The average molecular weight is 375 g/mol. The van der Waals surface area contributed by atoms with E-state index in [9.17, 15) is 4.79 Å². The molecule has 3 nitrogen and oxygen atoms in total. The molecule has 1 aromatic heterocycles. The van der Waals surface area contributed by atoms with E-state index in [1.165, 1.54) is 4.88 Å². The molecule has 0 radical (unpaired) electrons. The molecular formula is C14H15BrClN2OS+. The first-order chi connectivity index (χ1) is 9.52. The molecule has 106 valence electrons. The van der Waals surface area contributed by atoms with Crippen LogP contribution >= 0.6 is 38.9 Å². The molecule has 0 aliphatic heterocycles. The molecule has 1 unspecified atom stereocenters. The molecule has 0 bridgehead atoms. The quantitative estimate of drug-likeness (QED) is 0.829. The summed E-state index contributed by atoms with van der Waals surface area (Å²) in [6.45, 7) is 1.25. The first kappa shape index (κ1) is 15.5. The topological polar surface area (TPSA) is 33.5 Å². The first-order valence-corrected chi connectivity index (χ1v) is 8.12. The number of carbonyl (C=O) groups excluding carboxylic acids is 1. The third-order valence-electron chi connectivity index (χ3n) is 2.68. The molecule has 2 rings (SSSR count). The lowest BCUT2D eigenvalue weighted by Gasteiger charge is -2.13. The van der Waals surface area contributed by atoms with E-state index in [-0.39, 0.29) is 5.91 Å². The van der Waals surface area contributed by atoms with E-state index in [4.69, 9.17) is 11.6 Å². The molecule has 1 amide bonds. The number of likely N-dealkylation sites (N-methyl/N-ethyl adjacent to an activating group) is 1. The Balaban J connectivity index is 1.84. The molecule has 2 N–H and O–H groups in total. The predicted octanol–water partition coefficient (Wildman–Crippen LogP) is 2.82. The zero-order valence-electron chi connectivity index (χ0n) is 11.0. The maximum Gasteiger partial charge on any atom is 0.279 e. The van der Waals surface area contributed by atoms with Gasteiger partial charge in [-0.05, 0) is 46.3 Å². The highest BCUT2D eigenvalue weighted by atomic mass is 79.9.